The molecule has 146 valence electrons. The van der Waals surface area contributed by atoms with Crippen molar-refractivity contribution >= 4 is 22.8 Å². The highest BCUT2D eigenvalue weighted by Crippen LogP contribution is 2.33. The number of fused-ring (bicyclic) bond motifs is 1. The van der Waals surface area contributed by atoms with Gasteiger partial charge in [0.15, 0.2) is 5.65 Å². The number of hydrogen-bond donors (Lipinski definition) is 2. The van der Waals surface area contributed by atoms with E-state index >= 15 is 0 Å². The van der Waals surface area contributed by atoms with Crippen molar-refractivity contribution in [1.29, 1.82) is 0 Å². The number of rotatable bonds is 4. The van der Waals surface area contributed by atoms with Gasteiger partial charge in [-0.3, -0.25) is 14.3 Å². The Morgan fingerprint density at radius 1 is 1.25 bits per heavy atom. The van der Waals surface area contributed by atoms with Crippen molar-refractivity contribution in [3.63, 3.8) is 0 Å². The van der Waals surface area contributed by atoms with E-state index in [2.05, 4.69) is 15.3 Å². The number of aromatic nitrogens is 3. The Morgan fingerprint density at radius 3 is 2.79 bits per heavy atom. The minimum atomic E-state index is -0.131. The highest BCUT2D eigenvalue weighted by Gasteiger charge is 2.29. The van der Waals surface area contributed by atoms with Crippen molar-refractivity contribution < 1.29 is 9.53 Å². The Labute approximate surface area is 162 Å². The summed E-state index contributed by atoms with van der Waals surface area (Å²) in [5.41, 5.74) is 3.08. The molecule has 0 unspecified atom stereocenters. The Kier molecular flexibility index (Phi) is 4.90. The zero-order valence-corrected chi connectivity index (χ0v) is 16.1. The van der Waals surface area contributed by atoms with Gasteiger partial charge in [-0.15, -0.1) is 0 Å². The molecule has 1 saturated carbocycles. The van der Waals surface area contributed by atoms with Crippen LogP contribution >= 0.6 is 0 Å². The van der Waals surface area contributed by atoms with Crippen LogP contribution < -0.4 is 15.7 Å². The van der Waals surface area contributed by atoms with Gasteiger partial charge >= 0.3 is 5.69 Å². The second-order valence-corrected chi connectivity index (χ2v) is 7.35. The number of aryl methyl sites for hydroxylation is 1. The number of methoxy groups -OCH3 is 1. The number of nitrogens with zero attached hydrogens (tertiary/aromatic N) is 2. The maximum Gasteiger partial charge on any atom is 0.327 e. The molecule has 7 nitrogen and oxygen atoms in total. The quantitative estimate of drug-likeness (QED) is 0.726. The predicted molar refractivity (Wildman–Crippen MR) is 108 cm³/mol. The lowest BCUT2D eigenvalue weighted by atomic mass is 9.85. The third-order valence-corrected chi connectivity index (χ3v) is 5.60. The van der Waals surface area contributed by atoms with Crippen LogP contribution in [-0.2, 0) is 4.79 Å². The van der Waals surface area contributed by atoms with Gasteiger partial charge in [0.2, 0.25) is 5.91 Å². The molecule has 28 heavy (non-hydrogen) atoms. The van der Waals surface area contributed by atoms with Crippen molar-refractivity contribution in [3.8, 4) is 5.75 Å². The van der Waals surface area contributed by atoms with Gasteiger partial charge in [-0.2, -0.15) is 0 Å². The van der Waals surface area contributed by atoms with Crippen LogP contribution in [0, 0.1) is 12.8 Å². The molecular formula is C21H24N4O3. The molecule has 1 fully saturated rings. The number of H-pyrrole nitrogens is 1. The standard InChI is InChI=1S/C21H24N4O3/c1-13-5-8-15(12-18(13)28-2)23-20(26)14-6-9-16(10-7-14)25-17-4-3-11-22-19(17)24-21(25)27/h3-5,8,11-12,14,16H,6-7,9-10H2,1-2H3,(H,23,26)(H,22,24,27)/t14-,16+. The molecule has 2 N–H and O–H groups in total. The number of nitrogens with one attached hydrogen (secondary N) is 2. The SMILES string of the molecule is COc1cc(NC(=O)[C@H]2CC[C@@H](n3c(=O)[nH]c4ncccc43)CC2)ccc1C. The van der Waals surface area contributed by atoms with Crippen molar-refractivity contribution in [1.82, 2.24) is 14.5 Å². The van der Waals surface area contributed by atoms with Crippen LogP contribution in [0.3, 0.4) is 0 Å². The topological polar surface area (TPSA) is 89.0 Å². The third kappa shape index (κ3) is 3.40. The molecule has 2 aromatic heterocycles. The summed E-state index contributed by atoms with van der Waals surface area (Å²) in [5.74, 6) is 0.730. The summed E-state index contributed by atoms with van der Waals surface area (Å²) in [6, 6.07) is 9.50. The lowest BCUT2D eigenvalue weighted by Crippen LogP contribution is -2.31. The number of pyridine rings is 1. The Bertz CT molecular complexity index is 1060. The van der Waals surface area contributed by atoms with Crippen LogP contribution in [0.2, 0.25) is 0 Å². The molecule has 3 aromatic rings. The molecule has 1 aromatic carbocycles. The number of aromatic amines is 1. The molecule has 1 aliphatic rings. The molecule has 0 radical (unpaired) electrons. The van der Waals surface area contributed by atoms with Gasteiger partial charge in [0.05, 0.1) is 12.6 Å². The number of amides is 1. The Hall–Kier alpha value is -3.09. The van der Waals surface area contributed by atoms with Gasteiger partial charge in [-0.05, 0) is 56.4 Å². The Morgan fingerprint density at radius 2 is 2.04 bits per heavy atom. The fourth-order valence-electron chi connectivity index (χ4n) is 4.06. The number of hydrogen-bond acceptors (Lipinski definition) is 4. The van der Waals surface area contributed by atoms with Gasteiger partial charge in [0.25, 0.3) is 0 Å². The van der Waals surface area contributed by atoms with Crippen LogP contribution in [0.5, 0.6) is 5.75 Å². The first-order chi connectivity index (χ1) is 13.6. The minimum Gasteiger partial charge on any atom is -0.496 e. The van der Waals surface area contributed by atoms with Gasteiger partial charge in [0.1, 0.15) is 5.75 Å². The van der Waals surface area contributed by atoms with Crippen LogP contribution in [0.1, 0.15) is 37.3 Å². The first kappa shape index (κ1) is 18.3. The van der Waals surface area contributed by atoms with E-state index in [0.717, 1.165) is 48.2 Å². The number of ether oxygens (including phenoxy) is 1. The number of imidazole rings is 1. The second kappa shape index (κ2) is 7.50. The maximum absolute atomic E-state index is 12.7. The summed E-state index contributed by atoms with van der Waals surface area (Å²) in [5, 5.41) is 3.00. The highest BCUT2D eigenvalue weighted by molar-refractivity contribution is 5.92. The average molecular weight is 380 g/mol. The summed E-state index contributed by atoms with van der Waals surface area (Å²) in [4.78, 5) is 32.1. The van der Waals surface area contributed by atoms with Crippen LogP contribution in [-0.4, -0.2) is 27.6 Å². The van der Waals surface area contributed by atoms with Crippen molar-refractivity contribution in [2.45, 2.75) is 38.6 Å². The van der Waals surface area contributed by atoms with Crippen molar-refractivity contribution in [3.05, 3.63) is 52.6 Å². The highest BCUT2D eigenvalue weighted by atomic mass is 16.5. The van der Waals surface area contributed by atoms with Gasteiger partial charge in [0, 0.05) is 29.9 Å². The first-order valence-corrected chi connectivity index (χ1v) is 9.57. The molecule has 2 heterocycles. The minimum absolute atomic E-state index is 0.0253. The van der Waals surface area contributed by atoms with E-state index in [1.54, 1.807) is 17.9 Å². The maximum atomic E-state index is 12.7. The van der Waals surface area contributed by atoms with E-state index < -0.39 is 0 Å². The second-order valence-electron chi connectivity index (χ2n) is 7.35. The molecule has 0 spiro atoms. The monoisotopic (exact) mass is 380 g/mol. The predicted octanol–water partition coefficient (Wildman–Crippen LogP) is 3.41. The molecule has 1 amide bonds. The van der Waals surface area contributed by atoms with E-state index in [0.29, 0.717) is 5.65 Å². The summed E-state index contributed by atoms with van der Waals surface area (Å²) in [6.07, 6.45) is 4.75. The number of carbonyl (C=O) groups excluding carboxylic acids is 1. The lowest BCUT2D eigenvalue weighted by molar-refractivity contribution is -0.121. The molecule has 0 atom stereocenters. The number of anilines is 1. The van der Waals surface area contributed by atoms with E-state index in [-0.39, 0.29) is 23.6 Å². The average Bonchev–Trinajstić information content (AvgIpc) is 3.05. The van der Waals surface area contributed by atoms with Crippen molar-refractivity contribution in [2.24, 2.45) is 5.92 Å². The first-order valence-electron chi connectivity index (χ1n) is 9.57. The molecule has 7 heteroatoms. The van der Waals surface area contributed by atoms with Crippen LogP contribution in [0.25, 0.3) is 11.2 Å². The van der Waals surface area contributed by atoms with Crippen LogP contribution in [0.15, 0.2) is 41.3 Å². The molecular weight excluding hydrogens is 356 g/mol. The van der Waals surface area contributed by atoms with Gasteiger partial charge < -0.3 is 10.1 Å². The fraction of sp³-hybridized carbons (Fsp3) is 0.381. The smallest absolute Gasteiger partial charge is 0.327 e. The largest absolute Gasteiger partial charge is 0.496 e. The molecule has 0 aliphatic heterocycles. The summed E-state index contributed by atoms with van der Waals surface area (Å²) in [7, 11) is 1.62. The summed E-state index contributed by atoms with van der Waals surface area (Å²) >= 11 is 0. The van der Waals surface area contributed by atoms with Crippen LogP contribution in [0.4, 0.5) is 5.69 Å². The molecule has 4 rings (SSSR count). The van der Waals surface area contributed by atoms with E-state index in [1.807, 2.05) is 37.3 Å². The van der Waals surface area contributed by atoms with E-state index in [4.69, 9.17) is 4.74 Å². The normalized spacial score (nSPS) is 19.5. The summed E-state index contributed by atoms with van der Waals surface area (Å²) < 4.78 is 7.12. The van der Waals surface area contributed by atoms with E-state index in [1.165, 1.54) is 0 Å². The Balaban J connectivity index is 1.43. The fourth-order valence-corrected chi connectivity index (χ4v) is 4.06. The molecule has 0 saturated heterocycles. The number of carbonyl (C=O) groups is 1. The lowest BCUT2D eigenvalue weighted by Gasteiger charge is -2.28. The van der Waals surface area contributed by atoms with Gasteiger partial charge in [-0.25, -0.2) is 9.78 Å². The molecule has 0 bridgehead atoms. The molecule has 1 aliphatic carbocycles. The van der Waals surface area contributed by atoms with Crippen molar-refractivity contribution in [2.75, 3.05) is 12.4 Å². The van der Waals surface area contributed by atoms with E-state index in [9.17, 15) is 9.59 Å². The summed E-state index contributed by atoms with van der Waals surface area (Å²) in [6.45, 7) is 1.97. The third-order valence-electron chi connectivity index (χ3n) is 5.60. The van der Waals surface area contributed by atoms with Gasteiger partial charge in [-0.1, -0.05) is 6.07 Å². The zero-order chi connectivity index (χ0) is 19.7. The zero-order valence-electron chi connectivity index (χ0n) is 16.1. The number of benzene rings is 1.